The Morgan fingerprint density at radius 1 is 1.47 bits per heavy atom. The lowest BCUT2D eigenvalue weighted by molar-refractivity contribution is 0.360. The maximum absolute atomic E-state index is 6.42. The normalized spacial score (nSPS) is 15.4. The summed E-state index contributed by atoms with van der Waals surface area (Å²) in [4.78, 5) is 4.52. The number of fused-ring (bicyclic) bond motifs is 1. The van der Waals surface area contributed by atoms with Gasteiger partial charge in [0, 0.05) is 6.20 Å². The molecule has 3 heteroatoms. The molecule has 1 unspecified atom stereocenters. The molecule has 0 spiro atoms. The van der Waals surface area contributed by atoms with E-state index >= 15 is 0 Å². The van der Waals surface area contributed by atoms with Crippen LogP contribution in [0.3, 0.4) is 0 Å². The molecule has 1 atom stereocenters. The minimum atomic E-state index is -0.381. The Kier molecular flexibility index (Phi) is 2.96. The number of nitrogens with zero attached hydrogens (tertiary/aromatic N) is 2. The number of imidazole rings is 1. The first-order chi connectivity index (χ1) is 7.92. The van der Waals surface area contributed by atoms with Gasteiger partial charge >= 0.3 is 0 Å². The van der Waals surface area contributed by atoms with Gasteiger partial charge in [-0.3, -0.25) is 0 Å². The molecule has 0 fully saturated rings. The van der Waals surface area contributed by atoms with Gasteiger partial charge in [0.2, 0.25) is 0 Å². The molecule has 3 nitrogen and oxygen atoms in total. The Labute approximate surface area is 103 Å². The Bertz CT molecular complexity index is 523. The molecule has 17 heavy (non-hydrogen) atoms. The van der Waals surface area contributed by atoms with E-state index in [0.717, 1.165) is 17.8 Å². The Morgan fingerprint density at radius 2 is 2.18 bits per heavy atom. The largest absolute Gasteiger partial charge is 0.319 e. The molecule has 0 aliphatic rings. The van der Waals surface area contributed by atoms with Crippen molar-refractivity contribution in [2.45, 2.75) is 39.7 Å². The number of aromatic nitrogens is 2. The van der Waals surface area contributed by atoms with Crippen molar-refractivity contribution in [2.75, 3.05) is 0 Å². The first kappa shape index (κ1) is 12.1. The van der Waals surface area contributed by atoms with Gasteiger partial charge in [0.05, 0.1) is 17.3 Å². The van der Waals surface area contributed by atoms with Crippen LogP contribution in [-0.2, 0) is 5.54 Å². The minimum Gasteiger partial charge on any atom is -0.319 e. The van der Waals surface area contributed by atoms with Gasteiger partial charge in [-0.1, -0.05) is 19.9 Å². The summed E-state index contributed by atoms with van der Waals surface area (Å²) in [6.45, 7) is 8.53. The van der Waals surface area contributed by atoms with Crippen LogP contribution in [0.4, 0.5) is 0 Å². The summed E-state index contributed by atoms with van der Waals surface area (Å²) in [5.74, 6) is 1.51. The fourth-order valence-corrected chi connectivity index (χ4v) is 2.52. The summed E-state index contributed by atoms with van der Waals surface area (Å²) in [5.41, 5.74) is 8.41. The lowest BCUT2D eigenvalue weighted by atomic mass is 9.91. The lowest BCUT2D eigenvalue weighted by Crippen LogP contribution is -2.36. The number of hydrogen-bond acceptors (Lipinski definition) is 2. The van der Waals surface area contributed by atoms with E-state index in [1.807, 2.05) is 18.5 Å². The Hall–Kier alpha value is -1.35. The van der Waals surface area contributed by atoms with Crippen LogP contribution in [-0.4, -0.2) is 9.38 Å². The first-order valence-electron chi connectivity index (χ1n) is 6.14. The topological polar surface area (TPSA) is 43.3 Å². The fourth-order valence-electron chi connectivity index (χ4n) is 2.52. The number of aryl methyl sites for hydroxylation is 1. The predicted molar refractivity (Wildman–Crippen MR) is 70.9 cm³/mol. The van der Waals surface area contributed by atoms with Crippen molar-refractivity contribution in [3.05, 3.63) is 35.9 Å². The maximum atomic E-state index is 6.42. The van der Waals surface area contributed by atoms with E-state index in [0.29, 0.717) is 5.92 Å². The number of rotatable bonds is 3. The van der Waals surface area contributed by atoms with E-state index in [-0.39, 0.29) is 5.54 Å². The highest BCUT2D eigenvalue weighted by molar-refractivity contribution is 5.53. The van der Waals surface area contributed by atoms with Gasteiger partial charge < -0.3 is 10.1 Å². The van der Waals surface area contributed by atoms with E-state index in [1.54, 1.807) is 0 Å². The molecule has 0 saturated carbocycles. The van der Waals surface area contributed by atoms with Gasteiger partial charge in [-0.15, -0.1) is 0 Å². The molecule has 0 saturated heterocycles. The molecule has 2 aromatic heterocycles. The zero-order valence-corrected chi connectivity index (χ0v) is 11.1. The Balaban J connectivity index is 2.52. The molecule has 0 aromatic carbocycles. The van der Waals surface area contributed by atoms with Crippen molar-refractivity contribution in [2.24, 2.45) is 11.7 Å². The molecule has 0 bridgehead atoms. The Morgan fingerprint density at radius 3 is 2.82 bits per heavy atom. The summed E-state index contributed by atoms with van der Waals surface area (Å²) < 4.78 is 2.11. The van der Waals surface area contributed by atoms with E-state index in [1.165, 1.54) is 5.56 Å². The van der Waals surface area contributed by atoms with Crippen LogP contribution >= 0.6 is 0 Å². The standard InChI is InChI=1S/C14H21N3/c1-10(2)8-14(4,15)13-16-9-12-11(3)6-5-7-17(12)13/h5-7,9-10H,8,15H2,1-4H3. The average Bonchev–Trinajstić information content (AvgIpc) is 2.61. The highest BCUT2D eigenvalue weighted by atomic mass is 15.1. The van der Waals surface area contributed by atoms with Crippen LogP contribution in [0.15, 0.2) is 24.5 Å². The highest BCUT2D eigenvalue weighted by Crippen LogP contribution is 2.26. The lowest BCUT2D eigenvalue weighted by Gasteiger charge is -2.25. The molecule has 2 heterocycles. The predicted octanol–water partition coefficient (Wildman–Crippen LogP) is 2.86. The smallest absolute Gasteiger partial charge is 0.133 e. The second-order valence-electron chi connectivity index (χ2n) is 5.54. The van der Waals surface area contributed by atoms with Gasteiger partial charge in [0.25, 0.3) is 0 Å². The van der Waals surface area contributed by atoms with E-state index < -0.39 is 0 Å². The van der Waals surface area contributed by atoms with Gasteiger partial charge in [-0.05, 0) is 37.8 Å². The third-order valence-electron chi connectivity index (χ3n) is 3.13. The molecule has 92 valence electrons. The molecule has 2 N–H and O–H groups in total. The fraction of sp³-hybridized carbons (Fsp3) is 0.500. The number of nitrogens with two attached hydrogens (primary N) is 1. The van der Waals surface area contributed by atoms with Crippen molar-refractivity contribution in [1.29, 1.82) is 0 Å². The maximum Gasteiger partial charge on any atom is 0.133 e. The van der Waals surface area contributed by atoms with Gasteiger partial charge in [0.15, 0.2) is 0 Å². The van der Waals surface area contributed by atoms with E-state index in [4.69, 9.17) is 5.73 Å². The van der Waals surface area contributed by atoms with Crippen molar-refractivity contribution >= 4 is 5.52 Å². The highest BCUT2D eigenvalue weighted by Gasteiger charge is 2.27. The van der Waals surface area contributed by atoms with Gasteiger partial charge in [0.1, 0.15) is 5.82 Å². The van der Waals surface area contributed by atoms with E-state index in [9.17, 15) is 0 Å². The third kappa shape index (κ3) is 2.20. The number of pyridine rings is 1. The molecule has 0 aliphatic heterocycles. The SMILES string of the molecule is Cc1cccn2c(C(C)(N)CC(C)C)ncc12. The van der Waals surface area contributed by atoms with Crippen molar-refractivity contribution < 1.29 is 0 Å². The van der Waals surface area contributed by atoms with Crippen molar-refractivity contribution in [1.82, 2.24) is 9.38 Å². The molecule has 2 rings (SSSR count). The van der Waals surface area contributed by atoms with Crippen molar-refractivity contribution in [3.63, 3.8) is 0 Å². The zero-order chi connectivity index (χ0) is 12.6. The van der Waals surface area contributed by atoms with Crippen LogP contribution in [0.1, 0.15) is 38.6 Å². The molecule has 0 aliphatic carbocycles. The zero-order valence-electron chi connectivity index (χ0n) is 11.1. The van der Waals surface area contributed by atoms with Gasteiger partial charge in [-0.2, -0.15) is 0 Å². The second kappa shape index (κ2) is 4.15. The molecular weight excluding hydrogens is 210 g/mol. The quantitative estimate of drug-likeness (QED) is 0.882. The van der Waals surface area contributed by atoms with Crippen LogP contribution in [0.25, 0.3) is 5.52 Å². The van der Waals surface area contributed by atoms with Crippen LogP contribution in [0.2, 0.25) is 0 Å². The van der Waals surface area contributed by atoms with E-state index in [2.05, 4.69) is 43.1 Å². The molecular formula is C14H21N3. The summed E-state index contributed by atoms with van der Waals surface area (Å²) in [7, 11) is 0. The van der Waals surface area contributed by atoms with Gasteiger partial charge in [-0.25, -0.2) is 4.98 Å². The third-order valence-corrected chi connectivity index (χ3v) is 3.13. The monoisotopic (exact) mass is 231 g/mol. The number of hydrogen-bond donors (Lipinski definition) is 1. The molecule has 0 amide bonds. The average molecular weight is 231 g/mol. The second-order valence-corrected chi connectivity index (χ2v) is 5.54. The minimum absolute atomic E-state index is 0.381. The van der Waals surface area contributed by atoms with Crippen LogP contribution < -0.4 is 5.73 Å². The first-order valence-corrected chi connectivity index (χ1v) is 6.14. The van der Waals surface area contributed by atoms with Crippen molar-refractivity contribution in [3.8, 4) is 0 Å². The molecule has 2 aromatic rings. The van der Waals surface area contributed by atoms with Crippen LogP contribution in [0.5, 0.6) is 0 Å². The summed E-state index contributed by atoms with van der Waals surface area (Å²) in [5, 5.41) is 0. The summed E-state index contributed by atoms with van der Waals surface area (Å²) in [6, 6.07) is 4.13. The van der Waals surface area contributed by atoms with Crippen LogP contribution in [0, 0.1) is 12.8 Å². The summed E-state index contributed by atoms with van der Waals surface area (Å²) >= 11 is 0. The molecule has 0 radical (unpaired) electrons. The summed E-state index contributed by atoms with van der Waals surface area (Å²) in [6.07, 6.45) is 4.88.